The average Bonchev–Trinajstić information content (AvgIpc) is 2.64. The van der Waals surface area contributed by atoms with E-state index in [0.717, 1.165) is 6.42 Å². The Morgan fingerprint density at radius 3 is 2.42 bits per heavy atom. The molecular weight excluding hydrogens is 304 g/mol. The van der Waals surface area contributed by atoms with Crippen molar-refractivity contribution in [2.24, 2.45) is 5.41 Å². The minimum absolute atomic E-state index is 0.120. The van der Waals surface area contributed by atoms with Crippen molar-refractivity contribution in [3.63, 3.8) is 0 Å². The number of benzene rings is 1. The van der Waals surface area contributed by atoms with Crippen LogP contribution < -0.4 is 0 Å². The van der Waals surface area contributed by atoms with Gasteiger partial charge >= 0.3 is 6.09 Å². The third-order valence-electron chi connectivity index (χ3n) is 5.17. The summed E-state index contributed by atoms with van der Waals surface area (Å²) in [6.45, 7) is 5.52. The molecule has 0 bridgehead atoms. The van der Waals surface area contributed by atoms with Gasteiger partial charge in [-0.3, -0.25) is 4.79 Å². The van der Waals surface area contributed by atoms with E-state index in [1.54, 1.807) is 4.90 Å². The molecule has 24 heavy (non-hydrogen) atoms. The fourth-order valence-corrected chi connectivity index (χ4v) is 3.84. The lowest BCUT2D eigenvalue weighted by Crippen LogP contribution is -2.50. The van der Waals surface area contributed by atoms with Crippen LogP contribution in [0.2, 0.25) is 0 Å². The van der Waals surface area contributed by atoms with Gasteiger partial charge in [-0.1, -0.05) is 24.3 Å². The van der Waals surface area contributed by atoms with Gasteiger partial charge in [0.05, 0.1) is 11.5 Å². The lowest BCUT2D eigenvalue weighted by molar-refractivity contribution is -0.143. The minimum atomic E-state index is -0.393. The third-order valence-corrected chi connectivity index (χ3v) is 5.17. The van der Waals surface area contributed by atoms with Crippen molar-refractivity contribution in [2.75, 3.05) is 20.1 Å². The van der Waals surface area contributed by atoms with Gasteiger partial charge in [-0.05, 0) is 44.2 Å². The van der Waals surface area contributed by atoms with Crippen LogP contribution in [-0.2, 0) is 22.5 Å². The maximum absolute atomic E-state index is 13.0. The van der Waals surface area contributed by atoms with Crippen LogP contribution in [0.3, 0.4) is 0 Å². The van der Waals surface area contributed by atoms with Gasteiger partial charge in [-0.25, -0.2) is 4.79 Å². The number of rotatable bonds is 1. The fourth-order valence-electron chi connectivity index (χ4n) is 3.84. The Kier molecular flexibility index (Phi) is 4.52. The molecule has 1 aromatic carbocycles. The molecule has 5 heteroatoms. The molecule has 130 valence electrons. The van der Waals surface area contributed by atoms with Gasteiger partial charge in [0, 0.05) is 26.7 Å². The highest BCUT2D eigenvalue weighted by Crippen LogP contribution is 2.40. The smallest absolute Gasteiger partial charge is 0.410 e. The molecule has 2 heterocycles. The Labute approximate surface area is 143 Å². The largest absolute Gasteiger partial charge is 0.447 e. The summed E-state index contributed by atoms with van der Waals surface area (Å²) in [5.41, 5.74) is 2.09. The zero-order valence-corrected chi connectivity index (χ0v) is 14.7. The van der Waals surface area contributed by atoms with Gasteiger partial charge in [-0.15, -0.1) is 0 Å². The number of likely N-dealkylation sites (tertiary alicyclic amines) is 1. The summed E-state index contributed by atoms with van der Waals surface area (Å²) in [7, 11) is 1.88. The Hall–Kier alpha value is -2.04. The monoisotopic (exact) mass is 330 g/mol. The maximum Gasteiger partial charge on any atom is 0.410 e. The fraction of sp³-hybridized carbons (Fsp3) is 0.579. The van der Waals surface area contributed by atoms with E-state index in [1.165, 1.54) is 11.1 Å². The molecule has 0 atom stereocenters. The van der Waals surface area contributed by atoms with Gasteiger partial charge in [0.1, 0.15) is 0 Å². The Bertz CT molecular complexity index is 633. The predicted molar refractivity (Wildman–Crippen MR) is 91.5 cm³/mol. The van der Waals surface area contributed by atoms with Gasteiger partial charge in [0.2, 0.25) is 5.91 Å². The second-order valence-electron chi connectivity index (χ2n) is 7.31. The lowest BCUT2D eigenvalue weighted by atomic mass is 9.73. The molecule has 0 radical (unpaired) electrons. The lowest BCUT2D eigenvalue weighted by Gasteiger charge is -2.41. The first kappa shape index (κ1) is 16.8. The molecule has 0 aliphatic carbocycles. The van der Waals surface area contributed by atoms with E-state index in [4.69, 9.17) is 4.74 Å². The van der Waals surface area contributed by atoms with Crippen molar-refractivity contribution in [1.82, 2.24) is 9.80 Å². The van der Waals surface area contributed by atoms with E-state index in [-0.39, 0.29) is 18.1 Å². The van der Waals surface area contributed by atoms with Crippen LogP contribution in [0.4, 0.5) is 4.79 Å². The Balaban J connectivity index is 1.78. The minimum Gasteiger partial charge on any atom is -0.447 e. The number of ether oxygens (including phenoxy) is 1. The molecule has 1 spiro atoms. The van der Waals surface area contributed by atoms with Crippen molar-refractivity contribution >= 4 is 12.0 Å². The average molecular weight is 330 g/mol. The number of carbonyl (C=O) groups excluding carboxylic acids is 2. The molecule has 1 aromatic rings. The molecule has 2 amide bonds. The molecule has 0 unspecified atom stereocenters. The first-order valence-electron chi connectivity index (χ1n) is 8.69. The first-order chi connectivity index (χ1) is 11.4. The summed E-state index contributed by atoms with van der Waals surface area (Å²) in [5, 5.41) is 0. The summed E-state index contributed by atoms with van der Waals surface area (Å²) in [6, 6.07) is 8.30. The number of carbonyl (C=O) groups is 2. The molecule has 1 saturated heterocycles. The molecule has 2 aliphatic rings. The van der Waals surface area contributed by atoms with Crippen LogP contribution in [0.1, 0.15) is 37.8 Å². The standard InChI is InChI=1S/C19H26N2O3/c1-14(2)24-18(23)21-10-8-19(9-11-21)12-15-6-4-5-7-16(15)13-20(3)17(19)22/h4-7,14H,8-13H2,1-3H3. The summed E-state index contributed by atoms with van der Waals surface area (Å²) in [4.78, 5) is 28.7. The number of nitrogens with zero attached hydrogens (tertiary/aromatic N) is 2. The zero-order valence-electron chi connectivity index (χ0n) is 14.7. The van der Waals surface area contributed by atoms with Gasteiger partial charge in [-0.2, -0.15) is 0 Å². The predicted octanol–water partition coefficient (Wildman–Crippen LogP) is 2.83. The van der Waals surface area contributed by atoms with Gasteiger partial charge in [0.15, 0.2) is 0 Å². The van der Waals surface area contributed by atoms with Crippen LogP contribution in [0.15, 0.2) is 24.3 Å². The summed E-state index contributed by atoms with van der Waals surface area (Å²) in [5.74, 6) is 0.204. The second kappa shape index (κ2) is 6.46. The SMILES string of the molecule is CC(C)OC(=O)N1CCC2(CC1)Cc1ccccc1CN(C)C2=O. The highest BCUT2D eigenvalue weighted by atomic mass is 16.6. The second-order valence-corrected chi connectivity index (χ2v) is 7.31. The molecule has 1 fully saturated rings. The number of hydrogen-bond donors (Lipinski definition) is 0. The van der Waals surface area contributed by atoms with Crippen molar-refractivity contribution in [2.45, 2.75) is 45.8 Å². The molecule has 3 rings (SSSR count). The Morgan fingerprint density at radius 1 is 1.17 bits per heavy atom. The van der Waals surface area contributed by atoms with Crippen LogP contribution in [0.5, 0.6) is 0 Å². The number of amides is 2. The molecule has 0 aromatic heterocycles. The van der Waals surface area contributed by atoms with E-state index in [2.05, 4.69) is 12.1 Å². The third kappa shape index (κ3) is 3.12. The van der Waals surface area contributed by atoms with E-state index < -0.39 is 5.41 Å². The van der Waals surface area contributed by atoms with E-state index in [0.29, 0.717) is 32.5 Å². The molecule has 5 nitrogen and oxygen atoms in total. The molecular formula is C19H26N2O3. The highest BCUT2D eigenvalue weighted by molar-refractivity contribution is 5.84. The molecule has 0 saturated carbocycles. The number of piperidine rings is 1. The molecule has 2 aliphatic heterocycles. The molecule has 0 N–H and O–H groups in total. The summed E-state index contributed by atoms with van der Waals surface area (Å²) >= 11 is 0. The van der Waals surface area contributed by atoms with Crippen molar-refractivity contribution in [3.05, 3.63) is 35.4 Å². The normalized spacial score (nSPS) is 20.1. The van der Waals surface area contributed by atoms with E-state index in [9.17, 15) is 9.59 Å². The van der Waals surface area contributed by atoms with Crippen molar-refractivity contribution in [1.29, 1.82) is 0 Å². The van der Waals surface area contributed by atoms with Crippen molar-refractivity contribution in [3.8, 4) is 0 Å². The first-order valence-corrected chi connectivity index (χ1v) is 8.69. The summed E-state index contributed by atoms with van der Waals surface area (Å²) in [6.07, 6.45) is 1.76. The van der Waals surface area contributed by atoms with Crippen LogP contribution >= 0.6 is 0 Å². The number of fused-ring (bicyclic) bond motifs is 1. The highest BCUT2D eigenvalue weighted by Gasteiger charge is 2.45. The summed E-state index contributed by atoms with van der Waals surface area (Å²) < 4.78 is 5.29. The van der Waals surface area contributed by atoms with Crippen LogP contribution in [-0.4, -0.2) is 48.0 Å². The maximum atomic E-state index is 13.0. The van der Waals surface area contributed by atoms with E-state index in [1.807, 2.05) is 37.9 Å². The van der Waals surface area contributed by atoms with Gasteiger partial charge < -0.3 is 14.5 Å². The number of hydrogen-bond acceptors (Lipinski definition) is 3. The van der Waals surface area contributed by atoms with Gasteiger partial charge in [0.25, 0.3) is 0 Å². The topological polar surface area (TPSA) is 49.9 Å². The zero-order chi connectivity index (χ0) is 17.3. The quantitative estimate of drug-likeness (QED) is 0.795. The van der Waals surface area contributed by atoms with E-state index >= 15 is 0 Å². The van der Waals surface area contributed by atoms with Crippen LogP contribution in [0, 0.1) is 5.41 Å². The Morgan fingerprint density at radius 2 is 1.79 bits per heavy atom. The van der Waals surface area contributed by atoms with Crippen molar-refractivity contribution < 1.29 is 14.3 Å². The van der Waals surface area contributed by atoms with Crippen LogP contribution in [0.25, 0.3) is 0 Å².